The molecule has 0 unspecified atom stereocenters. The molecule has 1 aliphatic carbocycles. The fourth-order valence-corrected chi connectivity index (χ4v) is 1.58. The Morgan fingerprint density at radius 3 is 2.23 bits per heavy atom. The summed E-state index contributed by atoms with van der Waals surface area (Å²) in [6, 6.07) is 1.94. The number of hydrogen-bond donors (Lipinski definition) is 1. The van der Waals surface area contributed by atoms with Crippen LogP contribution in [0, 0.1) is 11.3 Å². The Morgan fingerprint density at radius 1 is 1.31 bits per heavy atom. The van der Waals surface area contributed by atoms with Gasteiger partial charge in [0.25, 0.3) is 0 Å². The molecular weight excluding hydrogens is 181 g/mol. The van der Waals surface area contributed by atoms with Crippen molar-refractivity contribution >= 4 is 0 Å². The number of nitriles is 1. The van der Waals surface area contributed by atoms with E-state index in [0.717, 1.165) is 12.8 Å². The van der Waals surface area contributed by atoms with Crippen molar-refractivity contribution in [3.05, 3.63) is 0 Å². The topological polar surface area (TPSA) is 35.8 Å². The van der Waals surface area contributed by atoms with E-state index in [2.05, 4.69) is 5.32 Å². The van der Waals surface area contributed by atoms with Gasteiger partial charge in [-0.15, -0.1) is 0 Å². The molecule has 0 aromatic rings. The lowest BCUT2D eigenvalue weighted by atomic mass is 10.0. The van der Waals surface area contributed by atoms with Crippen LogP contribution in [0.4, 0.5) is 13.2 Å². The third-order valence-electron chi connectivity index (χ3n) is 2.30. The largest absolute Gasteiger partial charge is 0.401 e. The molecule has 74 valence electrons. The molecule has 1 rings (SSSR count). The normalized spacial score (nSPS) is 21.4. The van der Waals surface area contributed by atoms with Crippen molar-refractivity contribution in [1.29, 1.82) is 5.26 Å². The van der Waals surface area contributed by atoms with Gasteiger partial charge in [0.05, 0.1) is 12.6 Å². The number of nitrogens with one attached hydrogen (secondary N) is 1. The van der Waals surface area contributed by atoms with Crippen molar-refractivity contribution in [2.45, 2.75) is 37.4 Å². The van der Waals surface area contributed by atoms with Crippen molar-refractivity contribution < 1.29 is 13.2 Å². The van der Waals surface area contributed by atoms with Gasteiger partial charge >= 0.3 is 6.18 Å². The van der Waals surface area contributed by atoms with Crippen molar-refractivity contribution in [3.63, 3.8) is 0 Å². The zero-order valence-corrected chi connectivity index (χ0v) is 7.12. The first-order valence-electron chi connectivity index (χ1n) is 4.20. The molecule has 0 aliphatic heterocycles. The van der Waals surface area contributed by atoms with E-state index < -0.39 is 18.3 Å². The molecule has 0 amide bonds. The van der Waals surface area contributed by atoms with Crippen molar-refractivity contribution in [2.75, 3.05) is 6.54 Å². The number of halogens is 3. The molecule has 0 heterocycles. The molecule has 13 heavy (non-hydrogen) atoms. The molecule has 1 saturated carbocycles. The van der Waals surface area contributed by atoms with E-state index in [-0.39, 0.29) is 0 Å². The molecule has 0 saturated heterocycles. The lowest BCUT2D eigenvalue weighted by Gasteiger charge is -2.22. The Kier molecular flexibility index (Phi) is 2.81. The standard InChI is InChI=1S/C8H11F3N2/c9-8(10,11)6-13-7(5-12)3-1-2-4-7/h13H,1-4,6H2. The van der Waals surface area contributed by atoms with Crippen LogP contribution in [0.2, 0.25) is 0 Å². The van der Waals surface area contributed by atoms with Crippen LogP contribution in [0.25, 0.3) is 0 Å². The monoisotopic (exact) mass is 192 g/mol. The van der Waals surface area contributed by atoms with E-state index in [0.29, 0.717) is 12.8 Å². The highest BCUT2D eigenvalue weighted by atomic mass is 19.4. The van der Waals surface area contributed by atoms with Gasteiger partial charge in [-0.25, -0.2) is 0 Å². The summed E-state index contributed by atoms with van der Waals surface area (Å²) < 4.78 is 35.5. The van der Waals surface area contributed by atoms with Crippen LogP contribution in [-0.2, 0) is 0 Å². The highest BCUT2D eigenvalue weighted by molar-refractivity contribution is 5.09. The summed E-state index contributed by atoms with van der Waals surface area (Å²) in [4.78, 5) is 0. The van der Waals surface area contributed by atoms with Crippen molar-refractivity contribution in [3.8, 4) is 6.07 Å². The van der Waals surface area contributed by atoms with Gasteiger partial charge in [-0.1, -0.05) is 12.8 Å². The second kappa shape index (κ2) is 3.54. The van der Waals surface area contributed by atoms with E-state index in [1.807, 2.05) is 6.07 Å². The highest BCUT2D eigenvalue weighted by Crippen LogP contribution is 2.29. The Morgan fingerprint density at radius 2 is 1.85 bits per heavy atom. The van der Waals surface area contributed by atoms with Crippen LogP contribution >= 0.6 is 0 Å². The maximum absolute atomic E-state index is 11.8. The molecule has 0 atom stereocenters. The zero-order chi connectivity index (χ0) is 9.95. The van der Waals surface area contributed by atoms with Gasteiger partial charge in [0, 0.05) is 0 Å². The van der Waals surface area contributed by atoms with Gasteiger partial charge < -0.3 is 0 Å². The van der Waals surface area contributed by atoms with Crippen LogP contribution in [0.1, 0.15) is 25.7 Å². The van der Waals surface area contributed by atoms with Gasteiger partial charge in [0.15, 0.2) is 0 Å². The van der Waals surface area contributed by atoms with Gasteiger partial charge in [0.2, 0.25) is 0 Å². The lowest BCUT2D eigenvalue weighted by Crippen LogP contribution is -2.45. The Labute approximate surface area is 74.7 Å². The van der Waals surface area contributed by atoms with E-state index in [1.54, 1.807) is 0 Å². The first-order valence-corrected chi connectivity index (χ1v) is 4.20. The van der Waals surface area contributed by atoms with E-state index in [4.69, 9.17) is 5.26 Å². The average Bonchev–Trinajstić information content (AvgIpc) is 2.49. The number of hydrogen-bond acceptors (Lipinski definition) is 2. The minimum atomic E-state index is -4.23. The first-order chi connectivity index (χ1) is 5.97. The van der Waals surface area contributed by atoms with E-state index >= 15 is 0 Å². The predicted molar refractivity (Wildman–Crippen MR) is 40.9 cm³/mol. The molecule has 0 radical (unpaired) electrons. The van der Waals surface area contributed by atoms with Gasteiger partial charge in [-0.2, -0.15) is 18.4 Å². The molecule has 1 N–H and O–H groups in total. The summed E-state index contributed by atoms with van der Waals surface area (Å²) in [5.74, 6) is 0. The Balaban J connectivity index is 2.46. The third-order valence-corrected chi connectivity index (χ3v) is 2.30. The van der Waals surface area contributed by atoms with Crippen LogP contribution in [0.15, 0.2) is 0 Å². The fraction of sp³-hybridized carbons (Fsp3) is 0.875. The molecule has 1 fully saturated rings. The summed E-state index contributed by atoms with van der Waals surface area (Å²) in [5.41, 5.74) is -0.921. The van der Waals surface area contributed by atoms with Gasteiger partial charge in [0.1, 0.15) is 5.54 Å². The van der Waals surface area contributed by atoms with Gasteiger partial charge in [-0.05, 0) is 12.8 Å². The second-order valence-electron chi connectivity index (χ2n) is 3.37. The summed E-state index contributed by atoms with van der Waals surface area (Å²) in [5, 5.41) is 11.0. The minimum absolute atomic E-state index is 0.527. The van der Waals surface area contributed by atoms with Crippen LogP contribution in [-0.4, -0.2) is 18.3 Å². The van der Waals surface area contributed by atoms with Crippen molar-refractivity contribution in [1.82, 2.24) is 5.32 Å². The molecule has 5 heteroatoms. The molecule has 0 aromatic carbocycles. The van der Waals surface area contributed by atoms with E-state index in [1.165, 1.54) is 0 Å². The smallest absolute Gasteiger partial charge is 0.291 e. The fourth-order valence-electron chi connectivity index (χ4n) is 1.58. The van der Waals surface area contributed by atoms with E-state index in [9.17, 15) is 13.2 Å². The Hall–Kier alpha value is -0.760. The SMILES string of the molecule is N#CC1(NCC(F)(F)F)CCCC1. The molecule has 0 aromatic heterocycles. The van der Waals surface area contributed by atoms with Crippen LogP contribution < -0.4 is 5.32 Å². The zero-order valence-electron chi connectivity index (χ0n) is 7.12. The number of rotatable bonds is 2. The lowest BCUT2D eigenvalue weighted by molar-refractivity contribution is -0.127. The minimum Gasteiger partial charge on any atom is -0.291 e. The summed E-state index contributed by atoms with van der Waals surface area (Å²) >= 11 is 0. The highest BCUT2D eigenvalue weighted by Gasteiger charge is 2.37. The van der Waals surface area contributed by atoms with Crippen LogP contribution in [0.5, 0.6) is 0 Å². The first kappa shape index (κ1) is 10.3. The second-order valence-corrected chi connectivity index (χ2v) is 3.37. The maximum atomic E-state index is 11.8. The number of alkyl halides is 3. The molecule has 1 aliphatic rings. The average molecular weight is 192 g/mol. The Bertz CT molecular complexity index is 210. The van der Waals surface area contributed by atoms with Crippen molar-refractivity contribution in [2.24, 2.45) is 0 Å². The maximum Gasteiger partial charge on any atom is 0.401 e. The van der Waals surface area contributed by atoms with Gasteiger partial charge in [-0.3, -0.25) is 5.32 Å². The number of nitrogens with zero attached hydrogens (tertiary/aromatic N) is 1. The quantitative estimate of drug-likeness (QED) is 0.726. The summed E-state index contributed by atoms with van der Waals surface area (Å²) in [7, 11) is 0. The molecule has 2 nitrogen and oxygen atoms in total. The predicted octanol–water partition coefficient (Wildman–Crippen LogP) is 1.97. The third kappa shape index (κ3) is 2.88. The summed E-state index contributed by atoms with van der Waals surface area (Å²) in [6.45, 7) is -1.07. The molecule has 0 spiro atoms. The molecule has 0 bridgehead atoms. The van der Waals surface area contributed by atoms with Crippen LogP contribution in [0.3, 0.4) is 0 Å². The summed E-state index contributed by atoms with van der Waals surface area (Å²) in [6.07, 6.45) is -1.51. The molecular formula is C8H11F3N2.